The van der Waals surface area contributed by atoms with Gasteiger partial charge in [-0.05, 0) is 25.0 Å². The molecule has 0 atom stereocenters. The van der Waals surface area contributed by atoms with Gasteiger partial charge in [-0.1, -0.05) is 24.3 Å². The van der Waals surface area contributed by atoms with Gasteiger partial charge >= 0.3 is 0 Å². The molecular weight excluding hydrogens is 342 g/mol. The smallest absolute Gasteiger partial charge is 0.285 e. The Bertz CT molecular complexity index is 1040. The van der Waals surface area contributed by atoms with Crippen LogP contribution in [0.5, 0.6) is 0 Å². The van der Waals surface area contributed by atoms with E-state index in [0.717, 1.165) is 25.3 Å². The second kappa shape index (κ2) is 7.00. The third-order valence-electron chi connectivity index (χ3n) is 5.17. The Hall–Kier alpha value is -2.93. The van der Waals surface area contributed by atoms with Crippen LogP contribution >= 0.6 is 0 Å². The van der Waals surface area contributed by atoms with Crippen molar-refractivity contribution in [1.29, 1.82) is 0 Å². The molecule has 3 aromatic rings. The molecule has 0 radical (unpaired) electrons. The zero-order valence-corrected chi connectivity index (χ0v) is 15.6. The Labute approximate surface area is 157 Å². The summed E-state index contributed by atoms with van der Waals surface area (Å²) < 4.78 is 1.33. The summed E-state index contributed by atoms with van der Waals surface area (Å²) in [4.78, 5) is 33.8. The number of rotatable bonds is 3. The maximum absolute atomic E-state index is 12.8. The van der Waals surface area contributed by atoms with E-state index in [-0.39, 0.29) is 17.0 Å². The van der Waals surface area contributed by atoms with E-state index in [2.05, 4.69) is 40.1 Å². The maximum Gasteiger partial charge on any atom is 0.285 e. The van der Waals surface area contributed by atoms with Gasteiger partial charge in [-0.3, -0.25) is 19.6 Å². The normalized spacial score (nSPS) is 15.4. The number of aromatic nitrogens is 3. The summed E-state index contributed by atoms with van der Waals surface area (Å²) >= 11 is 0. The van der Waals surface area contributed by atoms with Crippen LogP contribution < -0.4 is 5.56 Å². The van der Waals surface area contributed by atoms with Crippen molar-refractivity contribution in [3.63, 3.8) is 0 Å². The summed E-state index contributed by atoms with van der Waals surface area (Å²) in [5, 5.41) is 2.93. The predicted octanol–water partition coefficient (Wildman–Crippen LogP) is 1.60. The molecule has 27 heavy (non-hydrogen) atoms. The summed E-state index contributed by atoms with van der Waals surface area (Å²) in [5.74, 6) is -0.246. The first-order valence-electron chi connectivity index (χ1n) is 9.16. The molecule has 3 heterocycles. The lowest BCUT2D eigenvalue weighted by atomic mass is 10.1. The minimum Gasteiger partial charge on any atom is -0.336 e. The topological polar surface area (TPSA) is 73.7 Å². The van der Waals surface area contributed by atoms with Gasteiger partial charge in [-0.2, -0.15) is 0 Å². The molecule has 0 spiro atoms. The van der Waals surface area contributed by atoms with Crippen LogP contribution in [0, 0.1) is 13.8 Å². The number of H-pyrrole nitrogens is 1. The largest absolute Gasteiger partial charge is 0.336 e. The number of benzene rings is 1. The molecule has 4 rings (SSSR count). The minimum absolute atomic E-state index is 0.113. The van der Waals surface area contributed by atoms with E-state index >= 15 is 0 Å². The number of hydrogen-bond donors (Lipinski definition) is 1. The van der Waals surface area contributed by atoms with Crippen LogP contribution in [0.3, 0.4) is 0 Å². The monoisotopic (exact) mass is 365 g/mol. The molecule has 1 aliphatic rings. The maximum atomic E-state index is 12.8. The van der Waals surface area contributed by atoms with E-state index in [4.69, 9.17) is 0 Å². The number of nitrogens with one attached hydrogen (secondary N) is 1. The molecule has 1 saturated heterocycles. The molecular formula is C20H23N5O2. The van der Waals surface area contributed by atoms with Crippen molar-refractivity contribution in [1.82, 2.24) is 24.4 Å². The summed E-state index contributed by atoms with van der Waals surface area (Å²) in [6.45, 7) is 7.65. The van der Waals surface area contributed by atoms with Gasteiger partial charge in [0, 0.05) is 50.7 Å². The van der Waals surface area contributed by atoms with Gasteiger partial charge in [0.2, 0.25) is 0 Å². The highest BCUT2D eigenvalue weighted by molar-refractivity contribution is 5.93. The number of aromatic amines is 1. The van der Waals surface area contributed by atoms with Gasteiger partial charge < -0.3 is 4.90 Å². The van der Waals surface area contributed by atoms with E-state index in [9.17, 15) is 9.59 Å². The third-order valence-corrected chi connectivity index (χ3v) is 5.17. The Morgan fingerprint density at radius 2 is 1.89 bits per heavy atom. The first-order chi connectivity index (χ1) is 13.0. The first-order valence-corrected chi connectivity index (χ1v) is 9.16. The number of carbonyl (C=O) groups is 1. The van der Waals surface area contributed by atoms with Gasteiger partial charge in [0.05, 0.1) is 0 Å². The first kappa shape index (κ1) is 17.5. The van der Waals surface area contributed by atoms with Gasteiger partial charge in [-0.25, -0.2) is 9.50 Å². The van der Waals surface area contributed by atoms with Crippen molar-refractivity contribution in [2.45, 2.75) is 20.4 Å². The highest BCUT2D eigenvalue weighted by Gasteiger charge is 2.25. The second-order valence-corrected chi connectivity index (χ2v) is 7.10. The summed E-state index contributed by atoms with van der Waals surface area (Å²) in [6, 6.07) is 10.1. The highest BCUT2D eigenvalue weighted by atomic mass is 16.2. The molecule has 7 nitrogen and oxygen atoms in total. The lowest BCUT2D eigenvalue weighted by Crippen LogP contribution is -2.49. The average molecular weight is 365 g/mol. The van der Waals surface area contributed by atoms with Crippen LogP contribution in [0.15, 0.2) is 41.3 Å². The second-order valence-electron chi connectivity index (χ2n) is 7.10. The van der Waals surface area contributed by atoms with E-state index in [0.29, 0.717) is 18.7 Å². The van der Waals surface area contributed by atoms with E-state index < -0.39 is 0 Å². The van der Waals surface area contributed by atoms with Crippen molar-refractivity contribution in [3.8, 4) is 0 Å². The lowest BCUT2D eigenvalue weighted by molar-refractivity contribution is 0.0625. The van der Waals surface area contributed by atoms with Gasteiger partial charge in [0.15, 0.2) is 5.65 Å². The molecule has 1 amide bonds. The van der Waals surface area contributed by atoms with Crippen molar-refractivity contribution in [2.24, 2.45) is 0 Å². The molecule has 1 fully saturated rings. The highest BCUT2D eigenvalue weighted by Crippen LogP contribution is 2.13. The molecule has 0 saturated carbocycles. The van der Waals surface area contributed by atoms with Crippen LogP contribution in [0.1, 0.15) is 27.2 Å². The van der Waals surface area contributed by atoms with Crippen LogP contribution in [-0.4, -0.2) is 56.5 Å². The molecule has 0 bridgehead atoms. The summed E-state index contributed by atoms with van der Waals surface area (Å²) in [7, 11) is 0. The molecule has 1 aliphatic heterocycles. The number of nitrogens with zero attached hydrogens (tertiary/aromatic N) is 4. The average Bonchev–Trinajstić information content (AvgIpc) is 3.05. The SMILES string of the molecule is Cc1cc2ncc(C(=O)N3CCN(Cc4ccccc4C)CC3)c(=O)n2[nH]1. The minimum atomic E-state index is -0.347. The van der Waals surface area contributed by atoms with Gasteiger partial charge in [0.1, 0.15) is 5.56 Å². The van der Waals surface area contributed by atoms with Gasteiger partial charge in [-0.15, -0.1) is 0 Å². The Kier molecular flexibility index (Phi) is 4.53. The molecule has 7 heteroatoms. The van der Waals surface area contributed by atoms with E-state index in [1.165, 1.54) is 21.8 Å². The molecule has 2 aromatic heterocycles. The van der Waals surface area contributed by atoms with Gasteiger partial charge in [0.25, 0.3) is 11.5 Å². The molecule has 1 N–H and O–H groups in total. The zero-order chi connectivity index (χ0) is 19.0. The lowest BCUT2D eigenvalue weighted by Gasteiger charge is -2.34. The van der Waals surface area contributed by atoms with E-state index in [1.54, 1.807) is 11.0 Å². The summed E-state index contributed by atoms with van der Waals surface area (Å²) in [6.07, 6.45) is 1.40. The van der Waals surface area contributed by atoms with Crippen molar-refractivity contribution in [3.05, 3.63) is 69.3 Å². The van der Waals surface area contributed by atoms with Crippen molar-refractivity contribution >= 4 is 11.6 Å². The fraction of sp³-hybridized carbons (Fsp3) is 0.350. The van der Waals surface area contributed by atoms with Crippen LogP contribution in [0.2, 0.25) is 0 Å². The zero-order valence-electron chi connectivity index (χ0n) is 15.6. The molecule has 140 valence electrons. The number of amides is 1. The number of hydrogen-bond acceptors (Lipinski definition) is 4. The van der Waals surface area contributed by atoms with Crippen LogP contribution in [0.25, 0.3) is 5.65 Å². The molecule has 0 unspecified atom stereocenters. The number of fused-ring (bicyclic) bond motifs is 1. The molecule has 1 aromatic carbocycles. The predicted molar refractivity (Wildman–Crippen MR) is 103 cm³/mol. The summed E-state index contributed by atoms with van der Waals surface area (Å²) in [5.41, 5.74) is 3.71. The Balaban J connectivity index is 1.45. The Morgan fingerprint density at radius 1 is 1.15 bits per heavy atom. The van der Waals surface area contributed by atoms with Crippen molar-refractivity contribution in [2.75, 3.05) is 26.2 Å². The third kappa shape index (κ3) is 3.38. The van der Waals surface area contributed by atoms with Crippen molar-refractivity contribution < 1.29 is 4.79 Å². The van der Waals surface area contributed by atoms with Crippen LogP contribution in [0.4, 0.5) is 0 Å². The van der Waals surface area contributed by atoms with Crippen LogP contribution in [-0.2, 0) is 6.54 Å². The number of carbonyl (C=O) groups excluding carboxylic acids is 1. The number of aryl methyl sites for hydroxylation is 2. The number of piperazine rings is 1. The fourth-order valence-electron chi connectivity index (χ4n) is 3.53. The van der Waals surface area contributed by atoms with E-state index in [1.807, 2.05) is 13.0 Å². The Morgan fingerprint density at radius 3 is 2.63 bits per heavy atom. The standard InChI is InChI=1S/C20H23N5O2/c1-14-5-3-4-6-16(14)13-23-7-9-24(10-8-23)19(26)17-12-21-18-11-15(2)22-25(18)20(17)27/h3-6,11-12,22H,7-10,13H2,1-2H3. The quantitative estimate of drug-likeness (QED) is 0.765. The fourth-order valence-corrected chi connectivity index (χ4v) is 3.53. The molecule has 0 aliphatic carbocycles.